The Hall–Kier alpha value is -1.74. The summed E-state index contributed by atoms with van der Waals surface area (Å²) >= 11 is 5.91. The lowest BCUT2D eigenvalue weighted by atomic mass is 10.0. The summed E-state index contributed by atoms with van der Waals surface area (Å²) < 4.78 is 18.5. The van der Waals surface area contributed by atoms with Crippen LogP contribution in [0.2, 0.25) is 5.02 Å². The zero-order chi connectivity index (χ0) is 12.4. The molecule has 2 nitrogen and oxygen atoms in total. The van der Waals surface area contributed by atoms with Crippen LogP contribution in [-0.2, 0) is 0 Å². The van der Waals surface area contributed by atoms with Gasteiger partial charge in [0.05, 0.1) is 7.11 Å². The van der Waals surface area contributed by atoms with E-state index in [1.807, 2.05) is 0 Å². The Morgan fingerprint density at radius 3 is 2.59 bits per heavy atom. The first kappa shape index (κ1) is 11.7. The maximum atomic E-state index is 13.3. The average Bonchev–Trinajstić information content (AvgIpc) is 2.32. The molecule has 0 heterocycles. The third-order valence-electron chi connectivity index (χ3n) is 2.47. The number of hydrogen-bond acceptors (Lipinski definition) is 2. The molecule has 88 valence electrons. The van der Waals surface area contributed by atoms with Crippen LogP contribution in [0.4, 0.5) is 10.1 Å². The molecule has 0 fully saturated rings. The van der Waals surface area contributed by atoms with Gasteiger partial charge in [-0.2, -0.15) is 0 Å². The number of rotatable bonds is 2. The largest absolute Gasteiger partial charge is 0.496 e. The normalized spacial score (nSPS) is 10.3. The average molecular weight is 252 g/mol. The molecule has 0 aliphatic rings. The minimum Gasteiger partial charge on any atom is -0.496 e. The van der Waals surface area contributed by atoms with Gasteiger partial charge in [-0.25, -0.2) is 4.39 Å². The van der Waals surface area contributed by atoms with Crippen molar-refractivity contribution in [1.82, 2.24) is 0 Å². The fourth-order valence-electron chi connectivity index (χ4n) is 1.65. The molecule has 0 radical (unpaired) electrons. The summed E-state index contributed by atoms with van der Waals surface area (Å²) in [6.45, 7) is 0. The Bertz CT molecular complexity index is 557. The minimum atomic E-state index is -0.347. The fourth-order valence-corrected chi connectivity index (χ4v) is 1.82. The second-order valence-corrected chi connectivity index (χ2v) is 4.01. The van der Waals surface area contributed by atoms with Crippen LogP contribution in [0.5, 0.6) is 5.75 Å². The van der Waals surface area contributed by atoms with E-state index in [2.05, 4.69) is 0 Å². The first-order valence-corrected chi connectivity index (χ1v) is 5.38. The maximum absolute atomic E-state index is 13.3. The highest BCUT2D eigenvalue weighted by Crippen LogP contribution is 2.35. The van der Waals surface area contributed by atoms with Gasteiger partial charge in [-0.1, -0.05) is 11.6 Å². The van der Waals surface area contributed by atoms with Crippen LogP contribution < -0.4 is 10.5 Å². The number of anilines is 1. The number of halogens is 2. The predicted octanol–water partition coefficient (Wildman–Crippen LogP) is 3.74. The molecular weight excluding hydrogens is 241 g/mol. The molecule has 0 unspecified atom stereocenters. The molecule has 2 rings (SSSR count). The number of benzene rings is 2. The van der Waals surface area contributed by atoms with E-state index in [9.17, 15) is 4.39 Å². The molecule has 0 saturated carbocycles. The Labute approximate surface area is 104 Å². The van der Waals surface area contributed by atoms with Crippen molar-refractivity contribution in [1.29, 1.82) is 0 Å². The van der Waals surface area contributed by atoms with Crippen molar-refractivity contribution in [3.8, 4) is 16.9 Å². The number of hydrogen-bond donors (Lipinski definition) is 1. The van der Waals surface area contributed by atoms with E-state index in [0.29, 0.717) is 27.6 Å². The summed E-state index contributed by atoms with van der Waals surface area (Å²) in [5.74, 6) is 0.209. The first-order valence-electron chi connectivity index (χ1n) is 5.01. The minimum absolute atomic E-state index is 0.347. The van der Waals surface area contributed by atoms with Crippen LogP contribution >= 0.6 is 11.6 Å². The van der Waals surface area contributed by atoms with Gasteiger partial charge in [0.25, 0.3) is 0 Å². The molecule has 0 amide bonds. The molecule has 4 heteroatoms. The standard InChI is InChI=1S/C13H11ClFNO/c1-17-13-5-3-9(15)7-11(13)10-6-8(14)2-4-12(10)16/h2-7H,16H2,1H3. The van der Waals surface area contributed by atoms with Gasteiger partial charge in [0, 0.05) is 21.8 Å². The van der Waals surface area contributed by atoms with E-state index in [1.165, 1.54) is 19.2 Å². The van der Waals surface area contributed by atoms with Gasteiger partial charge < -0.3 is 10.5 Å². The van der Waals surface area contributed by atoms with Crippen LogP contribution in [0.1, 0.15) is 0 Å². The summed E-state index contributed by atoms with van der Waals surface area (Å²) in [6.07, 6.45) is 0. The SMILES string of the molecule is COc1ccc(F)cc1-c1cc(Cl)ccc1N. The predicted molar refractivity (Wildman–Crippen MR) is 67.8 cm³/mol. The zero-order valence-electron chi connectivity index (χ0n) is 9.21. The van der Waals surface area contributed by atoms with Crippen LogP contribution in [0.3, 0.4) is 0 Å². The number of nitrogens with two attached hydrogens (primary N) is 1. The summed E-state index contributed by atoms with van der Waals surface area (Å²) in [5.41, 5.74) is 7.64. The van der Waals surface area contributed by atoms with Crippen molar-refractivity contribution in [2.75, 3.05) is 12.8 Å². The van der Waals surface area contributed by atoms with Crippen LogP contribution in [0.15, 0.2) is 36.4 Å². The van der Waals surface area contributed by atoms with E-state index in [-0.39, 0.29) is 5.82 Å². The number of methoxy groups -OCH3 is 1. The van der Waals surface area contributed by atoms with Crippen molar-refractivity contribution in [2.45, 2.75) is 0 Å². The zero-order valence-corrected chi connectivity index (χ0v) is 9.96. The van der Waals surface area contributed by atoms with Crippen molar-refractivity contribution in [3.63, 3.8) is 0 Å². The Morgan fingerprint density at radius 2 is 1.88 bits per heavy atom. The third-order valence-corrected chi connectivity index (χ3v) is 2.70. The van der Waals surface area contributed by atoms with Gasteiger partial charge in [-0.3, -0.25) is 0 Å². The Balaban J connectivity index is 2.66. The van der Waals surface area contributed by atoms with E-state index in [4.69, 9.17) is 22.1 Å². The second-order valence-electron chi connectivity index (χ2n) is 3.58. The van der Waals surface area contributed by atoms with Gasteiger partial charge in [0.15, 0.2) is 0 Å². The third kappa shape index (κ3) is 2.34. The second kappa shape index (κ2) is 4.63. The number of nitrogen functional groups attached to an aromatic ring is 1. The Kier molecular flexibility index (Phi) is 3.20. The molecule has 0 aliphatic heterocycles. The van der Waals surface area contributed by atoms with Gasteiger partial charge in [-0.05, 0) is 36.4 Å². The van der Waals surface area contributed by atoms with E-state index in [0.717, 1.165) is 0 Å². The Morgan fingerprint density at radius 1 is 1.12 bits per heavy atom. The molecule has 2 aromatic rings. The van der Waals surface area contributed by atoms with Gasteiger partial charge in [0.2, 0.25) is 0 Å². The van der Waals surface area contributed by atoms with Crippen molar-refractivity contribution >= 4 is 17.3 Å². The van der Waals surface area contributed by atoms with E-state index < -0.39 is 0 Å². The molecule has 0 atom stereocenters. The molecule has 2 aromatic carbocycles. The van der Waals surface area contributed by atoms with Crippen LogP contribution in [0.25, 0.3) is 11.1 Å². The van der Waals surface area contributed by atoms with Gasteiger partial charge in [-0.15, -0.1) is 0 Å². The van der Waals surface area contributed by atoms with Crippen LogP contribution in [0, 0.1) is 5.82 Å². The smallest absolute Gasteiger partial charge is 0.126 e. The van der Waals surface area contributed by atoms with E-state index >= 15 is 0 Å². The van der Waals surface area contributed by atoms with Gasteiger partial charge >= 0.3 is 0 Å². The maximum Gasteiger partial charge on any atom is 0.126 e. The molecule has 0 spiro atoms. The number of ether oxygens (including phenoxy) is 1. The highest BCUT2D eigenvalue weighted by molar-refractivity contribution is 6.31. The molecule has 0 saturated heterocycles. The summed E-state index contributed by atoms with van der Waals surface area (Å²) in [5, 5.41) is 0.542. The highest BCUT2D eigenvalue weighted by Gasteiger charge is 2.10. The molecule has 0 bridgehead atoms. The quantitative estimate of drug-likeness (QED) is 0.826. The first-order chi connectivity index (χ1) is 8.11. The lowest BCUT2D eigenvalue weighted by molar-refractivity contribution is 0.415. The molecule has 0 aromatic heterocycles. The van der Waals surface area contributed by atoms with Crippen molar-refractivity contribution in [2.24, 2.45) is 0 Å². The summed E-state index contributed by atoms with van der Waals surface area (Å²) in [4.78, 5) is 0. The highest BCUT2D eigenvalue weighted by atomic mass is 35.5. The van der Waals surface area contributed by atoms with Crippen molar-refractivity contribution < 1.29 is 9.13 Å². The molecular formula is C13H11ClFNO. The lowest BCUT2D eigenvalue weighted by Crippen LogP contribution is -1.94. The summed E-state index contributed by atoms with van der Waals surface area (Å²) in [7, 11) is 1.53. The van der Waals surface area contributed by atoms with Crippen LogP contribution in [-0.4, -0.2) is 7.11 Å². The molecule has 17 heavy (non-hydrogen) atoms. The fraction of sp³-hybridized carbons (Fsp3) is 0.0769. The van der Waals surface area contributed by atoms with Gasteiger partial charge in [0.1, 0.15) is 11.6 Å². The monoisotopic (exact) mass is 251 g/mol. The summed E-state index contributed by atoms with van der Waals surface area (Å²) in [6, 6.07) is 9.33. The molecule has 2 N–H and O–H groups in total. The topological polar surface area (TPSA) is 35.2 Å². The van der Waals surface area contributed by atoms with Crippen molar-refractivity contribution in [3.05, 3.63) is 47.2 Å². The molecule has 0 aliphatic carbocycles. The van der Waals surface area contributed by atoms with E-state index in [1.54, 1.807) is 24.3 Å². The lowest BCUT2D eigenvalue weighted by Gasteiger charge is -2.11.